The number of aliphatic hydroxyl groups is 1. The molecule has 1 aromatic carbocycles. The normalized spacial score (nSPS) is 14.7. The topological polar surface area (TPSA) is 20.2 Å². The first-order chi connectivity index (χ1) is 6.70. The predicted octanol–water partition coefficient (Wildman–Crippen LogP) is 2.95. The van der Waals surface area contributed by atoms with Crippen molar-refractivity contribution in [3.8, 4) is 0 Å². The van der Waals surface area contributed by atoms with Crippen molar-refractivity contribution in [1.29, 1.82) is 0 Å². The summed E-state index contributed by atoms with van der Waals surface area (Å²) in [6.07, 6.45) is 3.90. The van der Waals surface area contributed by atoms with Crippen molar-refractivity contribution in [3.05, 3.63) is 48.6 Å². The van der Waals surface area contributed by atoms with Gasteiger partial charge in [-0.05, 0) is 18.4 Å². The lowest BCUT2D eigenvalue weighted by Crippen LogP contribution is -2.29. The molecule has 1 unspecified atom stereocenters. The molecule has 1 atom stereocenters. The van der Waals surface area contributed by atoms with E-state index < -0.39 is 5.60 Å². The standard InChI is InChI=1S/C13H18O/c1-3-10-13(14,4-2)11-12-8-6-5-7-9-12/h3,5-9,14H,1,4,10-11H2,2H3. The maximum atomic E-state index is 10.2. The van der Waals surface area contributed by atoms with E-state index in [9.17, 15) is 5.11 Å². The Morgan fingerprint density at radius 2 is 2.00 bits per heavy atom. The van der Waals surface area contributed by atoms with Crippen LogP contribution in [0, 0.1) is 0 Å². The van der Waals surface area contributed by atoms with Crippen LogP contribution in [-0.2, 0) is 6.42 Å². The Morgan fingerprint density at radius 1 is 1.36 bits per heavy atom. The molecular formula is C13H18O. The number of hydrogen-bond acceptors (Lipinski definition) is 1. The molecule has 0 saturated carbocycles. The van der Waals surface area contributed by atoms with Crippen molar-refractivity contribution in [3.63, 3.8) is 0 Å². The lowest BCUT2D eigenvalue weighted by Gasteiger charge is -2.25. The highest BCUT2D eigenvalue weighted by molar-refractivity contribution is 5.17. The molecule has 0 spiro atoms. The summed E-state index contributed by atoms with van der Waals surface area (Å²) < 4.78 is 0. The number of rotatable bonds is 5. The second-order valence-electron chi connectivity index (χ2n) is 3.73. The van der Waals surface area contributed by atoms with Crippen molar-refractivity contribution in [2.24, 2.45) is 0 Å². The van der Waals surface area contributed by atoms with Crippen molar-refractivity contribution >= 4 is 0 Å². The Bertz CT molecular complexity index is 279. The van der Waals surface area contributed by atoms with Gasteiger partial charge in [0.1, 0.15) is 0 Å². The highest BCUT2D eigenvalue weighted by atomic mass is 16.3. The Kier molecular flexibility index (Phi) is 3.90. The summed E-state index contributed by atoms with van der Waals surface area (Å²) in [7, 11) is 0. The van der Waals surface area contributed by atoms with Crippen LogP contribution in [0.1, 0.15) is 25.3 Å². The molecule has 0 fully saturated rings. The van der Waals surface area contributed by atoms with Gasteiger partial charge in [0.2, 0.25) is 0 Å². The fourth-order valence-electron chi connectivity index (χ4n) is 1.59. The molecule has 0 aliphatic heterocycles. The summed E-state index contributed by atoms with van der Waals surface area (Å²) >= 11 is 0. The Labute approximate surface area is 86.1 Å². The summed E-state index contributed by atoms with van der Waals surface area (Å²) in [6, 6.07) is 10.1. The summed E-state index contributed by atoms with van der Waals surface area (Å²) in [6.45, 7) is 5.68. The van der Waals surface area contributed by atoms with Crippen LogP contribution in [-0.4, -0.2) is 10.7 Å². The van der Waals surface area contributed by atoms with Crippen LogP contribution in [0.15, 0.2) is 43.0 Å². The molecule has 1 N–H and O–H groups in total. The smallest absolute Gasteiger partial charge is 0.0719 e. The Balaban J connectivity index is 2.70. The second kappa shape index (κ2) is 4.97. The van der Waals surface area contributed by atoms with Crippen LogP contribution in [0.25, 0.3) is 0 Å². The van der Waals surface area contributed by atoms with Crippen LogP contribution in [0.4, 0.5) is 0 Å². The quantitative estimate of drug-likeness (QED) is 0.708. The van der Waals surface area contributed by atoms with E-state index in [1.54, 1.807) is 6.08 Å². The summed E-state index contributed by atoms with van der Waals surface area (Å²) in [5.41, 5.74) is 0.557. The zero-order valence-corrected chi connectivity index (χ0v) is 8.74. The van der Waals surface area contributed by atoms with Crippen LogP contribution < -0.4 is 0 Å². The van der Waals surface area contributed by atoms with Gasteiger partial charge in [0.15, 0.2) is 0 Å². The number of benzene rings is 1. The van der Waals surface area contributed by atoms with E-state index >= 15 is 0 Å². The molecule has 0 radical (unpaired) electrons. The minimum absolute atomic E-state index is 0.622. The molecular weight excluding hydrogens is 172 g/mol. The van der Waals surface area contributed by atoms with Gasteiger partial charge in [-0.3, -0.25) is 0 Å². The van der Waals surface area contributed by atoms with Crippen molar-refractivity contribution < 1.29 is 5.11 Å². The fourth-order valence-corrected chi connectivity index (χ4v) is 1.59. The summed E-state index contributed by atoms with van der Waals surface area (Å²) in [4.78, 5) is 0. The maximum Gasteiger partial charge on any atom is 0.0719 e. The Morgan fingerprint density at radius 3 is 2.50 bits per heavy atom. The first-order valence-electron chi connectivity index (χ1n) is 5.07. The van der Waals surface area contributed by atoms with E-state index in [1.165, 1.54) is 5.56 Å². The van der Waals surface area contributed by atoms with Gasteiger partial charge in [-0.25, -0.2) is 0 Å². The first-order valence-corrected chi connectivity index (χ1v) is 5.07. The molecule has 1 nitrogen and oxygen atoms in total. The van der Waals surface area contributed by atoms with Gasteiger partial charge in [0.05, 0.1) is 5.60 Å². The first kappa shape index (κ1) is 11.0. The van der Waals surface area contributed by atoms with Crippen LogP contribution >= 0.6 is 0 Å². The van der Waals surface area contributed by atoms with Gasteiger partial charge in [0, 0.05) is 6.42 Å². The van der Waals surface area contributed by atoms with Crippen molar-refractivity contribution in [2.75, 3.05) is 0 Å². The third kappa shape index (κ3) is 3.00. The fraction of sp³-hybridized carbons (Fsp3) is 0.385. The lowest BCUT2D eigenvalue weighted by atomic mass is 9.89. The molecule has 0 aliphatic rings. The molecule has 0 amide bonds. The van der Waals surface area contributed by atoms with Gasteiger partial charge in [-0.15, -0.1) is 6.58 Å². The van der Waals surface area contributed by atoms with Gasteiger partial charge >= 0.3 is 0 Å². The van der Waals surface area contributed by atoms with Gasteiger partial charge < -0.3 is 5.11 Å². The maximum absolute atomic E-state index is 10.2. The number of hydrogen-bond donors (Lipinski definition) is 1. The van der Waals surface area contributed by atoms with Crippen molar-refractivity contribution in [2.45, 2.75) is 31.8 Å². The summed E-state index contributed by atoms with van der Waals surface area (Å²) in [5, 5.41) is 10.2. The average molecular weight is 190 g/mol. The Hall–Kier alpha value is -1.08. The van der Waals surface area contributed by atoms with Crippen molar-refractivity contribution in [1.82, 2.24) is 0 Å². The minimum atomic E-state index is -0.622. The van der Waals surface area contributed by atoms with E-state index in [0.717, 1.165) is 6.42 Å². The van der Waals surface area contributed by atoms with Gasteiger partial charge in [0.25, 0.3) is 0 Å². The molecule has 76 valence electrons. The highest BCUT2D eigenvalue weighted by Crippen LogP contribution is 2.21. The van der Waals surface area contributed by atoms with E-state index in [2.05, 4.69) is 6.58 Å². The van der Waals surface area contributed by atoms with Crippen LogP contribution in [0.2, 0.25) is 0 Å². The monoisotopic (exact) mass is 190 g/mol. The molecule has 1 aromatic rings. The largest absolute Gasteiger partial charge is 0.389 e. The molecule has 0 aromatic heterocycles. The zero-order valence-electron chi connectivity index (χ0n) is 8.74. The molecule has 0 heterocycles. The summed E-state index contributed by atoms with van der Waals surface area (Å²) in [5.74, 6) is 0. The average Bonchev–Trinajstić information content (AvgIpc) is 2.20. The minimum Gasteiger partial charge on any atom is -0.389 e. The molecule has 0 aliphatic carbocycles. The molecule has 1 rings (SSSR count). The third-order valence-electron chi connectivity index (χ3n) is 2.56. The SMILES string of the molecule is C=CCC(O)(CC)Cc1ccccc1. The second-order valence-corrected chi connectivity index (χ2v) is 3.73. The molecule has 1 heteroatoms. The zero-order chi connectivity index (χ0) is 10.4. The molecule has 14 heavy (non-hydrogen) atoms. The lowest BCUT2D eigenvalue weighted by molar-refractivity contribution is 0.0396. The van der Waals surface area contributed by atoms with Gasteiger partial charge in [-0.1, -0.05) is 43.3 Å². The molecule has 0 saturated heterocycles. The predicted molar refractivity (Wildman–Crippen MR) is 60.2 cm³/mol. The molecule has 0 bridgehead atoms. The highest BCUT2D eigenvalue weighted by Gasteiger charge is 2.22. The van der Waals surface area contributed by atoms with Gasteiger partial charge in [-0.2, -0.15) is 0 Å². The van der Waals surface area contributed by atoms with Crippen LogP contribution in [0.5, 0.6) is 0 Å². The van der Waals surface area contributed by atoms with E-state index in [0.29, 0.717) is 12.8 Å². The van der Waals surface area contributed by atoms with Crippen LogP contribution in [0.3, 0.4) is 0 Å². The van der Waals surface area contributed by atoms with E-state index in [1.807, 2.05) is 37.3 Å². The van der Waals surface area contributed by atoms with E-state index in [-0.39, 0.29) is 0 Å². The van der Waals surface area contributed by atoms with E-state index in [4.69, 9.17) is 0 Å². The third-order valence-corrected chi connectivity index (χ3v) is 2.56.